The van der Waals surface area contributed by atoms with Gasteiger partial charge >= 0.3 is 5.97 Å². The van der Waals surface area contributed by atoms with Crippen LogP contribution in [0.1, 0.15) is 37.0 Å². The van der Waals surface area contributed by atoms with Gasteiger partial charge in [0.05, 0.1) is 11.7 Å². The van der Waals surface area contributed by atoms with Crippen LogP contribution in [0.5, 0.6) is 0 Å². The summed E-state index contributed by atoms with van der Waals surface area (Å²) in [5, 5.41) is 12.3. The van der Waals surface area contributed by atoms with Crippen LogP contribution in [0.2, 0.25) is 0 Å². The number of rotatable bonds is 4. The highest BCUT2D eigenvalue weighted by Gasteiger charge is 2.24. The summed E-state index contributed by atoms with van der Waals surface area (Å²) < 4.78 is 5.74. The molecule has 0 radical (unpaired) electrons. The van der Waals surface area contributed by atoms with Crippen LogP contribution in [0.4, 0.5) is 5.69 Å². The number of aromatic carboxylic acids is 1. The van der Waals surface area contributed by atoms with Crippen molar-refractivity contribution >= 4 is 11.7 Å². The van der Waals surface area contributed by atoms with Crippen molar-refractivity contribution in [3.63, 3.8) is 0 Å². The molecule has 1 aliphatic heterocycles. The molecule has 104 valence electrons. The lowest BCUT2D eigenvalue weighted by Crippen LogP contribution is -2.36. The number of carbonyl (C=O) groups is 1. The Balaban J connectivity index is 1.95. The Bertz CT molecular complexity index is 428. The molecule has 1 aromatic carbocycles. The van der Waals surface area contributed by atoms with Crippen LogP contribution in [-0.2, 0) is 4.74 Å². The largest absolute Gasteiger partial charge is 0.478 e. The van der Waals surface area contributed by atoms with Gasteiger partial charge in [0.1, 0.15) is 0 Å². The van der Waals surface area contributed by atoms with E-state index in [2.05, 4.69) is 19.2 Å². The van der Waals surface area contributed by atoms with Crippen LogP contribution in [0.25, 0.3) is 0 Å². The maximum Gasteiger partial charge on any atom is 0.335 e. The van der Waals surface area contributed by atoms with Crippen LogP contribution in [0.3, 0.4) is 0 Å². The Hall–Kier alpha value is -1.55. The molecule has 0 amide bonds. The molecule has 4 heteroatoms. The maximum atomic E-state index is 10.8. The highest BCUT2D eigenvalue weighted by Crippen LogP contribution is 2.23. The third-order valence-corrected chi connectivity index (χ3v) is 3.56. The molecule has 1 aliphatic rings. The first-order valence-electron chi connectivity index (χ1n) is 6.77. The molecule has 1 saturated heterocycles. The molecule has 0 saturated carbocycles. The predicted octanol–water partition coefficient (Wildman–Crippen LogP) is 3.00. The molecule has 19 heavy (non-hydrogen) atoms. The highest BCUT2D eigenvalue weighted by atomic mass is 16.5. The molecule has 1 fully saturated rings. The van der Waals surface area contributed by atoms with E-state index < -0.39 is 5.97 Å². The highest BCUT2D eigenvalue weighted by molar-refractivity contribution is 5.87. The van der Waals surface area contributed by atoms with Gasteiger partial charge in [0.25, 0.3) is 0 Å². The summed E-state index contributed by atoms with van der Waals surface area (Å²) in [5.74, 6) is -0.364. The Labute approximate surface area is 113 Å². The molecule has 4 nitrogen and oxygen atoms in total. The molecule has 2 atom stereocenters. The lowest BCUT2D eigenvalue weighted by Gasteiger charge is -2.33. The number of carboxylic acid groups (broad SMARTS) is 1. The van der Waals surface area contributed by atoms with E-state index in [-0.39, 0.29) is 0 Å². The number of nitrogens with one attached hydrogen (secondary N) is 1. The number of benzene rings is 1. The Morgan fingerprint density at radius 2 is 2.05 bits per heavy atom. The molecule has 2 rings (SSSR count). The SMILES string of the molecule is CC(C)C1CC(Nc2ccc(C(=O)O)cc2)CCO1. The minimum absolute atomic E-state index is 0.310. The van der Waals surface area contributed by atoms with Crippen LogP contribution >= 0.6 is 0 Å². The van der Waals surface area contributed by atoms with Crippen molar-refractivity contribution in [1.29, 1.82) is 0 Å². The average Bonchev–Trinajstić information content (AvgIpc) is 2.39. The minimum atomic E-state index is -0.891. The third kappa shape index (κ3) is 3.70. The van der Waals surface area contributed by atoms with Crippen LogP contribution < -0.4 is 5.32 Å². The van der Waals surface area contributed by atoms with Crippen molar-refractivity contribution in [1.82, 2.24) is 0 Å². The van der Waals surface area contributed by atoms with Crippen molar-refractivity contribution in [2.75, 3.05) is 11.9 Å². The zero-order chi connectivity index (χ0) is 13.8. The van der Waals surface area contributed by atoms with E-state index in [9.17, 15) is 4.79 Å². The van der Waals surface area contributed by atoms with E-state index in [1.165, 1.54) is 0 Å². The fourth-order valence-electron chi connectivity index (χ4n) is 2.37. The fraction of sp³-hybridized carbons (Fsp3) is 0.533. The summed E-state index contributed by atoms with van der Waals surface area (Å²) in [6.07, 6.45) is 2.30. The second-order valence-electron chi connectivity index (χ2n) is 5.40. The van der Waals surface area contributed by atoms with E-state index in [1.807, 2.05) is 12.1 Å². The maximum absolute atomic E-state index is 10.8. The normalized spacial score (nSPS) is 23.3. The molecule has 0 bridgehead atoms. The van der Waals surface area contributed by atoms with Gasteiger partial charge in [0.15, 0.2) is 0 Å². The van der Waals surface area contributed by atoms with Gasteiger partial charge in [-0.2, -0.15) is 0 Å². The van der Waals surface area contributed by atoms with E-state index in [0.717, 1.165) is 25.1 Å². The summed E-state index contributed by atoms with van der Waals surface area (Å²) in [7, 11) is 0. The van der Waals surface area contributed by atoms with Gasteiger partial charge in [0.2, 0.25) is 0 Å². The first-order valence-corrected chi connectivity index (χ1v) is 6.77. The number of ether oxygens (including phenoxy) is 1. The van der Waals surface area contributed by atoms with Crippen LogP contribution in [0.15, 0.2) is 24.3 Å². The first-order chi connectivity index (χ1) is 9.06. The topological polar surface area (TPSA) is 58.6 Å². The van der Waals surface area contributed by atoms with E-state index in [0.29, 0.717) is 23.6 Å². The lowest BCUT2D eigenvalue weighted by atomic mass is 9.95. The molecule has 2 N–H and O–H groups in total. The molecular formula is C15H21NO3. The van der Waals surface area contributed by atoms with Gasteiger partial charge in [-0.25, -0.2) is 4.79 Å². The molecule has 1 aromatic rings. The number of hydrogen-bond donors (Lipinski definition) is 2. The average molecular weight is 263 g/mol. The Morgan fingerprint density at radius 1 is 1.37 bits per heavy atom. The molecule has 0 aliphatic carbocycles. The van der Waals surface area contributed by atoms with E-state index in [4.69, 9.17) is 9.84 Å². The molecule has 2 unspecified atom stereocenters. The van der Waals surface area contributed by atoms with Gasteiger partial charge in [-0.1, -0.05) is 13.8 Å². The van der Waals surface area contributed by atoms with Crippen molar-refractivity contribution in [3.8, 4) is 0 Å². The van der Waals surface area contributed by atoms with Crippen LogP contribution in [0, 0.1) is 5.92 Å². The molecular weight excluding hydrogens is 242 g/mol. The monoisotopic (exact) mass is 263 g/mol. The van der Waals surface area contributed by atoms with E-state index in [1.54, 1.807) is 12.1 Å². The van der Waals surface area contributed by atoms with Crippen LogP contribution in [-0.4, -0.2) is 29.8 Å². The van der Waals surface area contributed by atoms with Gasteiger partial charge in [-0.3, -0.25) is 0 Å². The van der Waals surface area contributed by atoms with Crippen molar-refractivity contribution < 1.29 is 14.6 Å². The Kier molecular flexibility index (Phi) is 4.43. The molecule has 1 heterocycles. The van der Waals surface area contributed by atoms with Crippen molar-refractivity contribution in [3.05, 3.63) is 29.8 Å². The number of anilines is 1. The second kappa shape index (κ2) is 6.06. The summed E-state index contributed by atoms with van der Waals surface area (Å²) >= 11 is 0. The summed E-state index contributed by atoms with van der Waals surface area (Å²) in [6.45, 7) is 5.14. The zero-order valence-corrected chi connectivity index (χ0v) is 11.4. The summed E-state index contributed by atoms with van der Waals surface area (Å²) in [5.41, 5.74) is 1.29. The number of hydrogen-bond acceptors (Lipinski definition) is 3. The fourth-order valence-corrected chi connectivity index (χ4v) is 2.37. The zero-order valence-electron chi connectivity index (χ0n) is 11.4. The predicted molar refractivity (Wildman–Crippen MR) is 74.6 cm³/mol. The second-order valence-corrected chi connectivity index (χ2v) is 5.40. The third-order valence-electron chi connectivity index (χ3n) is 3.56. The van der Waals surface area contributed by atoms with E-state index >= 15 is 0 Å². The summed E-state index contributed by atoms with van der Waals surface area (Å²) in [4.78, 5) is 10.8. The number of carboxylic acids is 1. The Morgan fingerprint density at radius 3 is 2.63 bits per heavy atom. The quantitative estimate of drug-likeness (QED) is 0.876. The van der Waals surface area contributed by atoms with Gasteiger partial charge in [0, 0.05) is 18.3 Å². The lowest BCUT2D eigenvalue weighted by molar-refractivity contribution is -0.0160. The molecule has 0 spiro atoms. The standard InChI is InChI=1S/C15H21NO3/c1-10(2)14-9-13(7-8-19-14)16-12-5-3-11(4-6-12)15(17)18/h3-6,10,13-14,16H,7-9H2,1-2H3,(H,17,18). The van der Waals surface area contributed by atoms with Gasteiger partial charge in [-0.05, 0) is 43.0 Å². The van der Waals surface area contributed by atoms with Gasteiger partial charge in [-0.15, -0.1) is 0 Å². The molecule has 0 aromatic heterocycles. The first kappa shape index (κ1) is 13.9. The minimum Gasteiger partial charge on any atom is -0.478 e. The van der Waals surface area contributed by atoms with Crippen molar-refractivity contribution in [2.45, 2.75) is 38.8 Å². The smallest absolute Gasteiger partial charge is 0.335 e. The van der Waals surface area contributed by atoms with Gasteiger partial charge < -0.3 is 15.2 Å². The summed E-state index contributed by atoms with van der Waals surface area (Å²) in [6, 6.07) is 7.30. The van der Waals surface area contributed by atoms with Crippen molar-refractivity contribution in [2.24, 2.45) is 5.92 Å².